The van der Waals surface area contributed by atoms with Gasteiger partial charge in [0.25, 0.3) is 0 Å². The molecule has 172 valence electrons. The number of aromatic nitrogens is 1. The molecule has 0 saturated carbocycles. The lowest BCUT2D eigenvalue weighted by atomic mass is 10.1. The molecule has 0 spiro atoms. The van der Waals surface area contributed by atoms with Gasteiger partial charge in [-0.15, -0.1) is 11.8 Å². The van der Waals surface area contributed by atoms with Crippen LogP contribution in [-0.2, 0) is 15.6 Å². The summed E-state index contributed by atoms with van der Waals surface area (Å²) in [6.07, 6.45) is 2.47. The third-order valence-electron chi connectivity index (χ3n) is 4.94. The van der Waals surface area contributed by atoms with Crippen molar-refractivity contribution < 1.29 is 22.3 Å². The average Bonchev–Trinajstić information content (AvgIpc) is 2.84. The molecule has 4 aromatic rings. The topological polar surface area (TPSA) is 67.3 Å². The number of hydrogen-bond donors (Lipinski definition) is 1. The van der Waals surface area contributed by atoms with Crippen molar-refractivity contribution in [3.63, 3.8) is 0 Å². The molecule has 1 aromatic heterocycles. The second-order valence-corrected chi connectivity index (χ2v) is 10.2. The fraction of sp³-hybridized carbons (Fsp3) is 0.0385. The van der Waals surface area contributed by atoms with E-state index in [1.165, 1.54) is 66.4 Å². The van der Waals surface area contributed by atoms with E-state index in [0.29, 0.717) is 16.2 Å². The van der Waals surface area contributed by atoms with Gasteiger partial charge in [-0.3, -0.25) is 4.98 Å². The van der Waals surface area contributed by atoms with Gasteiger partial charge in [-0.2, -0.15) is 0 Å². The van der Waals surface area contributed by atoms with Gasteiger partial charge in [0.15, 0.2) is 0 Å². The van der Waals surface area contributed by atoms with Crippen LogP contribution >= 0.6 is 11.8 Å². The third kappa shape index (κ3) is 5.35. The summed E-state index contributed by atoms with van der Waals surface area (Å²) in [4.78, 5) is 4.03. The summed E-state index contributed by atoms with van der Waals surface area (Å²) in [7, 11) is -4.08. The van der Waals surface area contributed by atoms with Crippen molar-refractivity contribution >= 4 is 33.4 Å². The molecule has 0 saturated heterocycles. The fourth-order valence-corrected chi connectivity index (χ4v) is 5.52. The van der Waals surface area contributed by atoms with Crippen LogP contribution < -0.4 is 0 Å². The first kappa shape index (κ1) is 23.7. The van der Waals surface area contributed by atoms with Gasteiger partial charge >= 0.3 is 0 Å². The maximum absolute atomic E-state index is 14.0. The van der Waals surface area contributed by atoms with Crippen LogP contribution in [0.15, 0.2) is 106 Å². The molecule has 0 aliphatic heterocycles. The van der Waals surface area contributed by atoms with Crippen LogP contribution in [0, 0.1) is 11.6 Å². The summed E-state index contributed by atoms with van der Waals surface area (Å²) in [6.45, 7) is 0. The molecule has 0 radical (unpaired) electrons. The van der Waals surface area contributed by atoms with Gasteiger partial charge < -0.3 is 5.11 Å². The van der Waals surface area contributed by atoms with E-state index in [0.717, 1.165) is 17.8 Å². The standard InChI is InChI=1S/C26H19F2NO3S2/c27-19-10-13-22(25(14-19)33-17-18-6-2-1-3-7-18)24(30)15-20-11-12-21(16-29-20)34(31,32)26-9-5-4-8-23(26)28/h1-16,30H,17H2/b24-15-. The summed E-state index contributed by atoms with van der Waals surface area (Å²) in [5, 5.41) is 10.7. The molecule has 1 heterocycles. The van der Waals surface area contributed by atoms with E-state index >= 15 is 0 Å². The summed E-state index contributed by atoms with van der Waals surface area (Å²) in [5.41, 5.74) is 1.76. The normalized spacial score (nSPS) is 12.0. The Kier molecular flexibility index (Phi) is 7.09. The SMILES string of the molecule is O=S(=O)(c1ccc(/C=C(\O)c2ccc(F)cc2SCc2ccccc2)nc1)c1ccccc1F. The Morgan fingerprint density at radius 1 is 0.941 bits per heavy atom. The maximum atomic E-state index is 14.0. The Balaban J connectivity index is 1.59. The molecule has 1 N–H and O–H groups in total. The minimum absolute atomic E-state index is 0.146. The molecule has 3 aromatic carbocycles. The molecule has 0 fully saturated rings. The number of thioether (sulfide) groups is 1. The maximum Gasteiger partial charge on any atom is 0.211 e. The number of aliphatic hydroxyl groups is 1. The van der Waals surface area contributed by atoms with Gasteiger partial charge in [-0.05, 0) is 48.0 Å². The summed E-state index contributed by atoms with van der Waals surface area (Å²) < 4.78 is 53.2. The molecule has 0 bridgehead atoms. The molecule has 34 heavy (non-hydrogen) atoms. The number of sulfone groups is 1. The van der Waals surface area contributed by atoms with Crippen molar-refractivity contribution in [2.45, 2.75) is 20.4 Å². The summed E-state index contributed by atoms with van der Waals surface area (Å²) in [6, 6.07) is 21.6. The van der Waals surface area contributed by atoms with E-state index in [2.05, 4.69) is 4.98 Å². The molecular formula is C26H19F2NO3S2. The average molecular weight is 496 g/mol. The van der Waals surface area contributed by atoms with Crippen molar-refractivity contribution in [2.24, 2.45) is 0 Å². The Hall–Kier alpha value is -3.49. The van der Waals surface area contributed by atoms with Gasteiger partial charge in [-0.1, -0.05) is 42.5 Å². The lowest BCUT2D eigenvalue weighted by Crippen LogP contribution is -2.05. The smallest absolute Gasteiger partial charge is 0.211 e. The zero-order chi connectivity index (χ0) is 24.1. The number of aliphatic hydroxyl groups excluding tert-OH is 1. The Morgan fingerprint density at radius 2 is 1.68 bits per heavy atom. The Bertz CT molecular complexity index is 1440. The summed E-state index contributed by atoms with van der Waals surface area (Å²) in [5.74, 6) is -0.826. The number of rotatable bonds is 7. The lowest BCUT2D eigenvalue weighted by molar-refractivity contribution is 0.513. The van der Waals surface area contributed by atoms with Gasteiger partial charge in [0, 0.05) is 28.5 Å². The van der Waals surface area contributed by atoms with E-state index in [1.54, 1.807) is 0 Å². The van der Waals surface area contributed by atoms with Crippen LogP contribution in [0.1, 0.15) is 16.8 Å². The molecule has 0 amide bonds. The van der Waals surface area contributed by atoms with E-state index in [4.69, 9.17) is 0 Å². The van der Waals surface area contributed by atoms with Crippen molar-refractivity contribution in [3.8, 4) is 0 Å². The first-order valence-electron chi connectivity index (χ1n) is 10.2. The monoisotopic (exact) mass is 495 g/mol. The minimum atomic E-state index is -4.08. The zero-order valence-corrected chi connectivity index (χ0v) is 19.4. The van der Waals surface area contributed by atoms with Gasteiger partial charge in [0.2, 0.25) is 9.84 Å². The van der Waals surface area contributed by atoms with Crippen molar-refractivity contribution in [3.05, 3.63) is 120 Å². The highest BCUT2D eigenvalue weighted by molar-refractivity contribution is 7.98. The second kappa shape index (κ2) is 10.2. The van der Waals surface area contributed by atoms with Crippen molar-refractivity contribution in [1.82, 2.24) is 4.98 Å². The van der Waals surface area contributed by atoms with Crippen LogP contribution in [-0.4, -0.2) is 18.5 Å². The van der Waals surface area contributed by atoms with Gasteiger partial charge in [-0.25, -0.2) is 17.2 Å². The highest BCUT2D eigenvalue weighted by Crippen LogP contribution is 2.31. The fourth-order valence-electron chi connectivity index (χ4n) is 3.21. The van der Waals surface area contributed by atoms with Crippen LogP contribution in [0.4, 0.5) is 8.78 Å². The predicted molar refractivity (Wildman–Crippen MR) is 129 cm³/mol. The van der Waals surface area contributed by atoms with E-state index in [-0.39, 0.29) is 16.3 Å². The van der Waals surface area contributed by atoms with Crippen LogP contribution in [0.25, 0.3) is 11.8 Å². The van der Waals surface area contributed by atoms with Crippen molar-refractivity contribution in [1.29, 1.82) is 0 Å². The van der Waals surface area contributed by atoms with E-state index < -0.39 is 26.4 Å². The molecular weight excluding hydrogens is 476 g/mol. The first-order valence-corrected chi connectivity index (χ1v) is 12.6. The minimum Gasteiger partial charge on any atom is -0.507 e. The number of hydrogen-bond acceptors (Lipinski definition) is 5. The zero-order valence-electron chi connectivity index (χ0n) is 17.7. The molecule has 0 unspecified atom stereocenters. The van der Waals surface area contributed by atoms with E-state index in [9.17, 15) is 22.3 Å². The first-order chi connectivity index (χ1) is 16.3. The number of halogens is 2. The largest absolute Gasteiger partial charge is 0.507 e. The Morgan fingerprint density at radius 3 is 2.38 bits per heavy atom. The number of pyridine rings is 1. The number of benzene rings is 3. The van der Waals surface area contributed by atoms with Gasteiger partial charge in [0.05, 0.1) is 10.6 Å². The molecule has 4 nitrogen and oxygen atoms in total. The van der Waals surface area contributed by atoms with E-state index in [1.807, 2.05) is 30.3 Å². The van der Waals surface area contributed by atoms with Crippen LogP contribution in [0.3, 0.4) is 0 Å². The van der Waals surface area contributed by atoms with Crippen molar-refractivity contribution in [2.75, 3.05) is 0 Å². The summed E-state index contributed by atoms with van der Waals surface area (Å²) >= 11 is 1.38. The highest BCUT2D eigenvalue weighted by atomic mass is 32.2. The number of nitrogens with zero attached hydrogens (tertiary/aromatic N) is 1. The lowest BCUT2D eigenvalue weighted by Gasteiger charge is -2.10. The Labute approximate surface area is 200 Å². The molecule has 0 atom stereocenters. The third-order valence-corrected chi connectivity index (χ3v) is 7.84. The van der Waals surface area contributed by atoms with Crippen LogP contribution in [0.2, 0.25) is 0 Å². The molecule has 0 aliphatic rings. The quantitative estimate of drug-likeness (QED) is 0.233. The molecule has 8 heteroatoms. The second-order valence-electron chi connectivity index (χ2n) is 7.30. The highest BCUT2D eigenvalue weighted by Gasteiger charge is 2.21. The molecule has 0 aliphatic carbocycles. The van der Waals surface area contributed by atoms with Crippen LogP contribution in [0.5, 0.6) is 0 Å². The van der Waals surface area contributed by atoms with Gasteiger partial charge in [0.1, 0.15) is 22.3 Å². The molecule has 4 rings (SSSR count). The predicted octanol–water partition coefficient (Wildman–Crippen LogP) is 6.54.